The average molecular weight is 225 g/mol. The van der Waals surface area contributed by atoms with Gasteiger partial charge in [0.2, 0.25) is 0 Å². The third-order valence-electron chi connectivity index (χ3n) is 1.36. The topological polar surface area (TPSA) is 20.3 Å². The molecule has 0 spiro atoms. The largest absolute Gasteiger partial charge is 0.304 e. The van der Waals surface area contributed by atoms with Gasteiger partial charge in [-0.05, 0) is 14.0 Å². The van der Waals surface area contributed by atoms with Crippen molar-refractivity contribution in [2.75, 3.05) is 20.1 Å². The van der Waals surface area contributed by atoms with Gasteiger partial charge < -0.3 is 9.69 Å². The number of likely N-dealkylation sites (tertiary alicyclic amines) is 1. The van der Waals surface area contributed by atoms with E-state index < -0.39 is 5.92 Å². The molecule has 0 aliphatic carbocycles. The van der Waals surface area contributed by atoms with Crippen molar-refractivity contribution >= 4 is 6.29 Å². The Bertz CT molecular complexity index is 130. The van der Waals surface area contributed by atoms with Crippen LogP contribution in [-0.4, -0.2) is 37.2 Å². The number of aldehydes is 1. The molecular formula is C11H25F2NO. The van der Waals surface area contributed by atoms with Crippen LogP contribution in [0.1, 0.15) is 41.0 Å². The second kappa shape index (κ2) is 13.5. The number of nitrogens with zero attached hydrogens (tertiary/aromatic N) is 1. The number of hydrogen-bond donors (Lipinski definition) is 0. The van der Waals surface area contributed by atoms with Gasteiger partial charge in [0.05, 0.1) is 6.54 Å². The first kappa shape index (κ1) is 20.0. The van der Waals surface area contributed by atoms with Crippen molar-refractivity contribution in [1.82, 2.24) is 4.90 Å². The first-order chi connectivity index (χ1) is 7.02. The highest BCUT2D eigenvalue weighted by atomic mass is 19.3. The number of halogens is 2. The summed E-state index contributed by atoms with van der Waals surface area (Å²) < 4.78 is 24.3. The van der Waals surface area contributed by atoms with Crippen LogP contribution >= 0.6 is 0 Å². The number of rotatable bonds is 0. The number of hydrogen-bond acceptors (Lipinski definition) is 2. The number of carbonyl (C=O) groups excluding carboxylic acids is 1. The Morgan fingerprint density at radius 2 is 1.53 bits per heavy atom. The van der Waals surface area contributed by atoms with Crippen LogP contribution in [-0.2, 0) is 4.79 Å². The Morgan fingerprint density at radius 3 is 1.60 bits per heavy atom. The van der Waals surface area contributed by atoms with Gasteiger partial charge in [-0.15, -0.1) is 0 Å². The Kier molecular flexibility index (Phi) is 18.0. The lowest BCUT2D eigenvalue weighted by molar-refractivity contribution is -0.106. The van der Waals surface area contributed by atoms with Crippen LogP contribution < -0.4 is 0 Å². The van der Waals surface area contributed by atoms with Gasteiger partial charge in [0, 0.05) is 13.0 Å². The molecule has 0 bridgehead atoms. The molecule has 0 amide bonds. The predicted molar refractivity (Wildman–Crippen MR) is 61.5 cm³/mol. The van der Waals surface area contributed by atoms with E-state index in [-0.39, 0.29) is 13.0 Å². The molecule has 2 nitrogen and oxygen atoms in total. The van der Waals surface area contributed by atoms with Crippen LogP contribution in [0.2, 0.25) is 0 Å². The quantitative estimate of drug-likeness (QED) is 0.590. The fraction of sp³-hybridized carbons (Fsp3) is 0.909. The Hall–Kier alpha value is -0.510. The zero-order valence-corrected chi connectivity index (χ0v) is 10.8. The fourth-order valence-corrected chi connectivity index (χ4v) is 0.907. The molecule has 1 heterocycles. The summed E-state index contributed by atoms with van der Waals surface area (Å²) in [6, 6.07) is 0. The zero-order chi connectivity index (χ0) is 12.9. The minimum atomic E-state index is -2.41. The van der Waals surface area contributed by atoms with Crippen molar-refractivity contribution in [2.45, 2.75) is 47.0 Å². The molecular weight excluding hydrogens is 200 g/mol. The zero-order valence-electron chi connectivity index (χ0n) is 10.8. The molecule has 0 aromatic heterocycles. The first-order valence-electron chi connectivity index (χ1n) is 5.48. The van der Waals surface area contributed by atoms with Crippen molar-refractivity contribution in [1.29, 1.82) is 0 Å². The van der Waals surface area contributed by atoms with Crippen molar-refractivity contribution in [3.8, 4) is 0 Å². The monoisotopic (exact) mass is 225 g/mol. The van der Waals surface area contributed by atoms with Gasteiger partial charge in [-0.25, -0.2) is 8.78 Å². The fourth-order valence-electron chi connectivity index (χ4n) is 0.907. The van der Waals surface area contributed by atoms with Crippen molar-refractivity contribution in [3.05, 3.63) is 0 Å². The summed E-state index contributed by atoms with van der Waals surface area (Å²) in [6.07, 6.45) is 0.781. The highest BCUT2D eigenvalue weighted by Crippen LogP contribution is 2.24. The molecule has 0 aromatic rings. The second-order valence-electron chi connectivity index (χ2n) is 2.58. The van der Waals surface area contributed by atoms with Crippen molar-refractivity contribution < 1.29 is 13.6 Å². The van der Waals surface area contributed by atoms with E-state index in [0.29, 0.717) is 6.54 Å². The van der Waals surface area contributed by atoms with Gasteiger partial charge in [-0.1, -0.05) is 27.7 Å². The van der Waals surface area contributed by atoms with Crippen molar-refractivity contribution in [2.24, 2.45) is 0 Å². The van der Waals surface area contributed by atoms with Gasteiger partial charge in [-0.3, -0.25) is 0 Å². The highest BCUT2D eigenvalue weighted by molar-refractivity contribution is 5.44. The molecule has 0 aromatic carbocycles. The van der Waals surface area contributed by atoms with Crippen LogP contribution in [0.15, 0.2) is 0 Å². The van der Waals surface area contributed by atoms with Gasteiger partial charge in [0.1, 0.15) is 6.29 Å². The number of alkyl halides is 2. The summed E-state index contributed by atoms with van der Waals surface area (Å²) in [4.78, 5) is 10.4. The van der Waals surface area contributed by atoms with Crippen LogP contribution in [0.25, 0.3) is 0 Å². The van der Waals surface area contributed by atoms with Crippen LogP contribution in [0, 0.1) is 0 Å². The second-order valence-corrected chi connectivity index (χ2v) is 2.58. The van der Waals surface area contributed by atoms with E-state index in [1.807, 2.05) is 27.7 Å². The SMILES string of the molecule is CC.CC.CC=O.CN1CCC(F)(F)C1. The van der Waals surface area contributed by atoms with E-state index in [0.717, 1.165) is 6.29 Å². The van der Waals surface area contributed by atoms with E-state index >= 15 is 0 Å². The summed E-state index contributed by atoms with van der Waals surface area (Å²) in [5.41, 5.74) is 0. The molecule has 15 heavy (non-hydrogen) atoms. The first-order valence-corrected chi connectivity index (χ1v) is 5.48. The van der Waals surface area contributed by atoms with Gasteiger partial charge in [0.25, 0.3) is 5.92 Å². The Labute approximate surface area is 92.7 Å². The molecule has 1 aliphatic rings. The molecule has 94 valence electrons. The van der Waals surface area contributed by atoms with E-state index in [2.05, 4.69) is 0 Å². The van der Waals surface area contributed by atoms with Crippen LogP contribution in [0.3, 0.4) is 0 Å². The molecule has 0 unspecified atom stereocenters. The standard InChI is InChI=1S/C5H9F2N.C2H4O.2C2H6/c1-8-3-2-5(6,7)4-8;1-2-3;2*1-2/h2-4H2,1H3;2H,1H3;2*1-2H3. The maximum absolute atomic E-state index is 12.2. The van der Waals surface area contributed by atoms with Crippen molar-refractivity contribution in [3.63, 3.8) is 0 Å². The van der Waals surface area contributed by atoms with E-state index in [9.17, 15) is 8.78 Å². The lowest BCUT2D eigenvalue weighted by Gasteiger charge is -2.06. The van der Waals surface area contributed by atoms with E-state index in [4.69, 9.17) is 4.79 Å². The van der Waals surface area contributed by atoms with Crippen LogP contribution in [0.4, 0.5) is 8.78 Å². The maximum Gasteiger partial charge on any atom is 0.261 e. The lowest BCUT2D eigenvalue weighted by Crippen LogP contribution is -2.21. The summed E-state index contributed by atoms with van der Waals surface area (Å²) >= 11 is 0. The third-order valence-corrected chi connectivity index (χ3v) is 1.36. The predicted octanol–water partition coefficient (Wildman–Crippen LogP) is 3.21. The highest BCUT2D eigenvalue weighted by Gasteiger charge is 2.35. The Morgan fingerprint density at radius 1 is 1.20 bits per heavy atom. The molecule has 0 radical (unpaired) electrons. The molecule has 1 saturated heterocycles. The van der Waals surface area contributed by atoms with E-state index in [1.165, 1.54) is 6.92 Å². The van der Waals surface area contributed by atoms with E-state index in [1.54, 1.807) is 11.9 Å². The smallest absolute Gasteiger partial charge is 0.261 e. The van der Waals surface area contributed by atoms with Gasteiger partial charge >= 0.3 is 0 Å². The summed E-state index contributed by atoms with van der Waals surface area (Å²) in [7, 11) is 1.71. The number of carbonyl (C=O) groups is 1. The molecule has 1 rings (SSSR count). The molecule has 1 aliphatic heterocycles. The maximum atomic E-state index is 12.2. The molecule has 4 heteroatoms. The van der Waals surface area contributed by atoms with Gasteiger partial charge in [0.15, 0.2) is 0 Å². The molecule has 1 fully saturated rings. The third kappa shape index (κ3) is 16.2. The minimum absolute atomic E-state index is 0.0312. The molecule has 0 N–H and O–H groups in total. The molecule has 0 saturated carbocycles. The average Bonchev–Trinajstić information content (AvgIpc) is 2.52. The minimum Gasteiger partial charge on any atom is -0.304 e. The van der Waals surface area contributed by atoms with Gasteiger partial charge in [-0.2, -0.15) is 0 Å². The lowest BCUT2D eigenvalue weighted by atomic mass is 10.3. The summed E-state index contributed by atoms with van der Waals surface area (Å²) in [6.45, 7) is 9.92. The Balaban J connectivity index is -0.000000176. The summed E-state index contributed by atoms with van der Waals surface area (Å²) in [5.74, 6) is -2.41. The van der Waals surface area contributed by atoms with Crippen LogP contribution in [0.5, 0.6) is 0 Å². The molecule has 0 atom stereocenters. The summed E-state index contributed by atoms with van der Waals surface area (Å²) in [5, 5.41) is 0. The normalized spacial score (nSPS) is 17.1.